The molecular formula is C16H17ClFN. The normalized spacial score (nSPS) is 20.7. The number of nitrogens with one attached hydrogen (secondary N) is 1. The molecule has 0 amide bonds. The zero-order valence-corrected chi connectivity index (χ0v) is 11.6. The van der Waals surface area contributed by atoms with E-state index in [2.05, 4.69) is 29.6 Å². The summed E-state index contributed by atoms with van der Waals surface area (Å²) in [5.41, 5.74) is 3.59. The maximum atomic E-state index is 12.9. The molecule has 1 aliphatic rings. The molecule has 100 valence electrons. The second-order valence-corrected chi connectivity index (χ2v) is 4.87. The van der Waals surface area contributed by atoms with E-state index in [0.717, 1.165) is 11.1 Å². The van der Waals surface area contributed by atoms with Crippen molar-refractivity contribution in [3.8, 4) is 11.1 Å². The van der Waals surface area contributed by atoms with Crippen molar-refractivity contribution in [2.75, 3.05) is 7.05 Å². The molecule has 0 bridgehead atoms. The molecule has 0 radical (unpaired) electrons. The fourth-order valence-electron chi connectivity index (χ4n) is 2.45. The number of hydrogen-bond acceptors (Lipinski definition) is 1. The molecule has 0 aliphatic heterocycles. The van der Waals surface area contributed by atoms with Crippen LogP contribution in [0.25, 0.3) is 11.1 Å². The topological polar surface area (TPSA) is 12.0 Å². The molecule has 1 nitrogen and oxygen atoms in total. The van der Waals surface area contributed by atoms with Gasteiger partial charge in [-0.2, -0.15) is 0 Å². The van der Waals surface area contributed by atoms with Gasteiger partial charge in [-0.05, 0) is 42.3 Å². The lowest BCUT2D eigenvalue weighted by atomic mass is 10.0. The first-order chi connectivity index (χ1) is 8.78. The highest BCUT2D eigenvalue weighted by Gasteiger charge is 2.36. The maximum absolute atomic E-state index is 12.9. The van der Waals surface area contributed by atoms with Gasteiger partial charge in [0, 0.05) is 12.0 Å². The van der Waals surface area contributed by atoms with Gasteiger partial charge in [0.25, 0.3) is 0 Å². The Labute approximate surface area is 119 Å². The highest BCUT2D eigenvalue weighted by molar-refractivity contribution is 5.85. The third-order valence-electron chi connectivity index (χ3n) is 3.68. The van der Waals surface area contributed by atoms with Gasteiger partial charge >= 0.3 is 0 Å². The van der Waals surface area contributed by atoms with E-state index in [-0.39, 0.29) is 18.2 Å². The van der Waals surface area contributed by atoms with Crippen molar-refractivity contribution >= 4 is 12.4 Å². The maximum Gasteiger partial charge on any atom is 0.123 e. The number of rotatable bonds is 3. The number of hydrogen-bond donors (Lipinski definition) is 1. The molecule has 0 heterocycles. The molecule has 2 unspecified atom stereocenters. The van der Waals surface area contributed by atoms with Gasteiger partial charge in [-0.1, -0.05) is 36.4 Å². The van der Waals surface area contributed by atoms with E-state index >= 15 is 0 Å². The smallest absolute Gasteiger partial charge is 0.123 e. The largest absolute Gasteiger partial charge is 0.316 e. The molecule has 1 saturated carbocycles. The van der Waals surface area contributed by atoms with Crippen LogP contribution < -0.4 is 5.32 Å². The van der Waals surface area contributed by atoms with Crippen molar-refractivity contribution in [2.24, 2.45) is 0 Å². The summed E-state index contributed by atoms with van der Waals surface area (Å²) in [5.74, 6) is 0.475. The van der Waals surface area contributed by atoms with Crippen molar-refractivity contribution in [3.63, 3.8) is 0 Å². The van der Waals surface area contributed by atoms with Crippen LogP contribution in [0, 0.1) is 5.82 Å². The van der Waals surface area contributed by atoms with Crippen molar-refractivity contribution in [1.82, 2.24) is 5.32 Å². The summed E-state index contributed by atoms with van der Waals surface area (Å²) in [6, 6.07) is 15.9. The van der Waals surface area contributed by atoms with Crippen LogP contribution in [0.3, 0.4) is 0 Å². The molecule has 0 saturated heterocycles. The minimum absolute atomic E-state index is 0. The Morgan fingerprint density at radius 1 is 0.947 bits per heavy atom. The van der Waals surface area contributed by atoms with E-state index in [9.17, 15) is 4.39 Å². The van der Waals surface area contributed by atoms with E-state index < -0.39 is 0 Å². The summed E-state index contributed by atoms with van der Waals surface area (Å²) < 4.78 is 12.9. The van der Waals surface area contributed by atoms with Crippen LogP contribution in [-0.4, -0.2) is 13.1 Å². The molecule has 2 atom stereocenters. The monoisotopic (exact) mass is 277 g/mol. The summed E-state index contributed by atoms with van der Waals surface area (Å²) in [4.78, 5) is 0. The van der Waals surface area contributed by atoms with Crippen molar-refractivity contribution in [3.05, 3.63) is 59.9 Å². The highest BCUT2D eigenvalue weighted by atomic mass is 35.5. The number of likely N-dealkylation sites (N-methyl/N-ethyl adjacent to an activating group) is 1. The lowest BCUT2D eigenvalue weighted by Gasteiger charge is -2.04. The third-order valence-corrected chi connectivity index (χ3v) is 3.68. The fourth-order valence-corrected chi connectivity index (χ4v) is 2.45. The Kier molecular flexibility index (Phi) is 4.23. The minimum Gasteiger partial charge on any atom is -0.316 e. The Bertz CT molecular complexity index is 536. The summed E-state index contributed by atoms with van der Waals surface area (Å²) >= 11 is 0. The first kappa shape index (κ1) is 14.0. The van der Waals surface area contributed by atoms with Crippen LogP contribution >= 0.6 is 12.4 Å². The van der Waals surface area contributed by atoms with Crippen LogP contribution in [0.15, 0.2) is 48.5 Å². The number of benzene rings is 2. The van der Waals surface area contributed by atoms with E-state index in [1.807, 2.05) is 19.2 Å². The third kappa shape index (κ3) is 2.96. The van der Waals surface area contributed by atoms with Gasteiger partial charge in [0.2, 0.25) is 0 Å². The Morgan fingerprint density at radius 2 is 1.47 bits per heavy atom. The second kappa shape index (κ2) is 5.72. The first-order valence-electron chi connectivity index (χ1n) is 6.31. The van der Waals surface area contributed by atoms with Gasteiger partial charge in [0.15, 0.2) is 0 Å². The standard InChI is InChI=1S/C16H16FN.ClH/c1-18-16-10-15(16)13-4-2-11(3-5-13)12-6-8-14(17)9-7-12;/h2-9,15-16,18H,10H2,1H3;1H. The van der Waals surface area contributed by atoms with Crippen LogP contribution in [0.5, 0.6) is 0 Å². The van der Waals surface area contributed by atoms with Crippen LogP contribution in [0.4, 0.5) is 4.39 Å². The quantitative estimate of drug-likeness (QED) is 0.894. The van der Waals surface area contributed by atoms with Crippen molar-refractivity contribution in [1.29, 1.82) is 0 Å². The van der Waals surface area contributed by atoms with E-state index in [4.69, 9.17) is 0 Å². The van der Waals surface area contributed by atoms with Crippen LogP contribution in [0.1, 0.15) is 17.9 Å². The summed E-state index contributed by atoms with van der Waals surface area (Å²) in [7, 11) is 2.01. The molecule has 1 N–H and O–H groups in total. The van der Waals surface area contributed by atoms with E-state index in [1.165, 1.54) is 24.1 Å². The molecule has 3 rings (SSSR count). The van der Waals surface area contributed by atoms with Gasteiger partial charge < -0.3 is 5.32 Å². The molecule has 0 aromatic heterocycles. The van der Waals surface area contributed by atoms with E-state index in [1.54, 1.807) is 0 Å². The SMILES string of the molecule is CNC1CC1c1ccc(-c2ccc(F)cc2)cc1.Cl. The van der Waals surface area contributed by atoms with Gasteiger partial charge in [0.05, 0.1) is 0 Å². The van der Waals surface area contributed by atoms with Crippen molar-refractivity contribution < 1.29 is 4.39 Å². The summed E-state index contributed by atoms with van der Waals surface area (Å²) in [5, 5.41) is 3.30. The van der Waals surface area contributed by atoms with E-state index in [0.29, 0.717) is 12.0 Å². The molecule has 19 heavy (non-hydrogen) atoms. The van der Waals surface area contributed by atoms with Gasteiger partial charge in [-0.3, -0.25) is 0 Å². The molecule has 2 aromatic rings. The molecule has 2 aromatic carbocycles. The zero-order valence-electron chi connectivity index (χ0n) is 10.8. The Morgan fingerprint density at radius 3 is 1.95 bits per heavy atom. The van der Waals surface area contributed by atoms with Crippen LogP contribution in [-0.2, 0) is 0 Å². The predicted octanol–water partition coefficient (Wildman–Crippen LogP) is 3.99. The van der Waals surface area contributed by atoms with Crippen molar-refractivity contribution in [2.45, 2.75) is 18.4 Å². The van der Waals surface area contributed by atoms with Crippen LogP contribution in [0.2, 0.25) is 0 Å². The molecule has 1 aliphatic carbocycles. The lowest BCUT2D eigenvalue weighted by molar-refractivity contribution is 0.628. The first-order valence-corrected chi connectivity index (χ1v) is 6.31. The molecule has 0 spiro atoms. The Hall–Kier alpha value is -1.38. The van der Waals surface area contributed by atoms with Gasteiger partial charge in [-0.25, -0.2) is 4.39 Å². The van der Waals surface area contributed by atoms with Gasteiger partial charge in [-0.15, -0.1) is 12.4 Å². The summed E-state index contributed by atoms with van der Waals surface area (Å²) in [6.45, 7) is 0. The predicted molar refractivity (Wildman–Crippen MR) is 79.3 cm³/mol. The van der Waals surface area contributed by atoms with Gasteiger partial charge in [0.1, 0.15) is 5.82 Å². The Balaban J connectivity index is 0.00000133. The minimum atomic E-state index is -0.190. The molecular weight excluding hydrogens is 261 g/mol. The summed E-state index contributed by atoms with van der Waals surface area (Å²) in [6.07, 6.45) is 1.23. The number of halogens is 2. The molecule has 3 heteroatoms. The molecule has 1 fully saturated rings. The highest BCUT2D eigenvalue weighted by Crippen LogP contribution is 2.40. The average Bonchev–Trinajstić information content (AvgIpc) is 3.19. The second-order valence-electron chi connectivity index (χ2n) is 4.87. The average molecular weight is 278 g/mol. The lowest BCUT2D eigenvalue weighted by Crippen LogP contribution is -2.10. The zero-order chi connectivity index (χ0) is 12.5. The fraction of sp³-hybridized carbons (Fsp3) is 0.250.